The molecule has 0 fully saturated rings. The van der Waals surface area contributed by atoms with Gasteiger partial charge in [0.05, 0.1) is 5.52 Å². The lowest BCUT2D eigenvalue weighted by Crippen LogP contribution is -2.09. The van der Waals surface area contributed by atoms with E-state index in [0.29, 0.717) is 0 Å². The molecule has 2 aromatic heterocycles. The van der Waals surface area contributed by atoms with E-state index in [-0.39, 0.29) is 0 Å². The van der Waals surface area contributed by atoms with Crippen LogP contribution in [0.25, 0.3) is 64.1 Å². The highest BCUT2D eigenvalue weighted by Gasteiger charge is 2.16. The molecule has 0 amide bonds. The normalized spacial score (nSPS) is 11.5. The molecule has 9 rings (SSSR count). The average molecular weight is 605 g/mol. The minimum Gasteiger partial charge on any atom is -0.311 e. The van der Waals surface area contributed by atoms with Gasteiger partial charge in [0.15, 0.2) is 0 Å². The Bertz CT molecular complexity index is 2510. The minimum absolute atomic E-state index is 1.07. The van der Waals surface area contributed by atoms with Gasteiger partial charge >= 0.3 is 0 Å². The number of benzene rings is 7. The molecule has 0 unspecified atom stereocenters. The lowest BCUT2D eigenvalue weighted by Gasteiger charge is -2.26. The number of fused-ring (bicyclic) bond motifs is 6. The molecule has 2 nitrogen and oxygen atoms in total. The molecule has 216 valence electrons. The van der Waals surface area contributed by atoms with Crippen molar-refractivity contribution < 1.29 is 0 Å². The topological polar surface area (TPSA) is 16.1 Å². The predicted octanol–water partition coefficient (Wildman–Crippen LogP) is 12.6. The Morgan fingerprint density at radius 2 is 1.11 bits per heavy atom. The number of aromatic nitrogens is 1. The van der Waals surface area contributed by atoms with Gasteiger partial charge in [-0.3, -0.25) is 4.98 Å². The van der Waals surface area contributed by atoms with Crippen molar-refractivity contribution in [3.8, 4) is 22.3 Å². The van der Waals surface area contributed by atoms with Crippen LogP contribution in [-0.4, -0.2) is 4.98 Å². The van der Waals surface area contributed by atoms with Gasteiger partial charge < -0.3 is 4.90 Å². The summed E-state index contributed by atoms with van der Waals surface area (Å²) >= 11 is 1.85. The Labute approximate surface area is 271 Å². The first-order valence-corrected chi connectivity index (χ1v) is 16.4. The number of hydrogen-bond donors (Lipinski definition) is 0. The SMILES string of the molecule is c1ccc(N(c2ccc(-c3ccc4ccccc4c3)cc2)c2ccc(-c3cccc4c3sc3ccc5cccnc5c34)cc2)cc1. The van der Waals surface area contributed by atoms with Gasteiger partial charge in [-0.25, -0.2) is 0 Å². The van der Waals surface area contributed by atoms with Crippen molar-refractivity contribution in [1.29, 1.82) is 0 Å². The van der Waals surface area contributed by atoms with Crippen LogP contribution in [-0.2, 0) is 0 Å². The van der Waals surface area contributed by atoms with Crippen molar-refractivity contribution in [3.63, 3.8) is 0 Å². The number of pyridine rings is 1. The zero-order valence-corrected chi connectivity index (χ0v) is 25.8. The standard InChI is InChI=1S/C43H28N2S/c1-2-11-35(12-3-1)45(36-22-17-30(18-23-36)34-16-15-29-8-4-5-9-33(29)28-34)37-24-19-31(20-25-37)38-13-6-14-39-41-40(46-43(38)39)26-21-32-10-7-27-44-42(32)41/h1-28H. The van der Waals surface area contributed by atoms with E-state index in [2.05, 4.69) is 163 Å². The van der Waals surface area contributed by atoms with Gasteiger partial charge in [-0.05, 0) is 87.6 Å². The van der Waals surface area contributed by atoms with Crippen molar-refractivity contribution in [2.75, 3.05) is 4.90 Å². The Kier molecular flexibility index (Phi) is 6.36. The van der Waals surface area contributed by atoms with Crippen molar-refractivity contribution in [2.24, 2.45) is 0 Å². The van der Waals surface area contributed by atoms with E-state index in [1.54, 1.807) is 0 Å². The molecular formula is C43H28N2S. The number of hydrogen-bond acceptors (Lipinski definition) is 3. The molecule has 0 N–H and O–H groups in total. The molecule has 0 atom stereocenters. The lowest BCUT2D eigenvalue weighted by molar-refractivity contribution is 1.28. The fraction of sp³-hybridized carbons (Fsp3) is 0. The Morgan fingerprint density at radius 1 is 0.457 bits per heavy atom. The van der Waals surface area contributed by atoms with Crippen molar-refractivity contribution >= 4 is 70.2 Å². The van der Waals surface area contributed by atoms with Crippen LogP contribution in [0.5, 0.6) is 0 Å². The van der Waals surface area contributed by atoms with Crippen LogP contribution in [0.4, 0.5) is 17.1 Å². The summed E-state index contributed by atoms with van der Waals surface area (Å²) < 4.78 is 2.57. The second-order valence-corrected chi connectivity index (χ2v) is 12.7. The number of nitrogens with zero attached hydrogens (tertiary/aromatic N) is 2. The first kappa shape index (κ1) is 26.6. The fourth-order valence-electron chi connectivity index (χ4n) is 6.64. The highest BCUT2D eigenvalue weighted by Crippen LogP contribution is 2.43. The third-order valence-corrected chi connectivity index (χ3v) is 10.1. The third-order valence-electron chi connectivity index (χ3n) is 8.89. The van der Waals surface area contributed by atoms with Gasteiger partial charge in [0, 0.05) is 48.8 Å². The summed E-state index contributed by atoms with van der Waals surface area (Å²) in [6.45, 7) is 0. The number of anilines is 3. The van der Waals surface area contributed by atoms with Crippen molar-refractivity contribution in [2.45, 2.75) is 0 Å². The molecule has 0 aliphatic heterocycles. The summed E-state index contributed by atoms with van der Waals surface area (Å²) in [6.07, 6.45) is 1.89. The van der Waals surface area contributed by atoms with E-state index in [0.717, 1.165) is 22.6 Å². The Hall–Kier alpha value is -5.77. The van der Waals surface area contributed by atoms with E-state index < -0.39 is 0 Å². The number of para-hydroxylation sites is 1. The van der Waals surface area contributed by atoms with Gasteiger partial charge in [0.2, 0.25) is 0 Å². The van der Waals surface area contributed by atoms with Crippen LogP contribution in [0.2, 0.25) is 0 Å². The van der Waals surface area contributed by atoms with Gasteiger partial charge in [-0.1, -0.05) is 109 Å². The van der Waals surface area contributed by atoms with Crippen LogP contribution in [0, 0.1) is 0 Å². The van der Waals surface area contributed by atoms with Gasteiger partial charge in [0.25, 0.3) is 0 Å². The van der Waals surface area contributed by atoms with Crippen molar-refractivity contribution in [3.05, 3.63) is 170 Å². The molecule has 0 aliphatic rings. The maximum Gasteiger partial charge on any atom is 0.0795 e. The van der Waals surface area contributed by atoms with E-state index in [1.165, 1.54) is 58.6 Å². The summed E-state index contributed by atoms with van der Waals surface area (Å²) in [5.41, 5.74) is 9.32. The maximum atomic E-state index is 4.76. The maximum absolute atomic E-state index is 4.76. The van der Waals surface area contributed by atoms with Crippen LogP contribution < -0.4 is 4.90 Å². The second kappa shape index (κ2) is 11.0. The van der Waals surface area contributed by atoms with Crippen molar-refractivity contribution in [1.82, 2.24) is 4.98 Å². The molecule has 0 radical (unpaired) electrons. The third kappa shape index (κ3) is 4.52. The molecule has 0 bridgehead atoms. The summed E-state index contributed by atoms with van der Waals surface area (Å²) in [4.78, 5) is 7.08. The molecule has 0 saturated heterocycles. The Balaban J connectivity index is 1.10. The molecule has 46 heavy (non-hydrogen) atoms. The van der Waals surface area contributed by atoms with Gasteiger partial charge in [0.1, 0.15) is 0 Å². The van der Waals surface area contributed by atoms with E-state index in [4.69, 9.17) is 4.98 Å². The molecule has 2 heterocycles. The van der Waals surface area contributed by atoms with E-state index >= 15 is 0 Å². The molecule has 9 aromatic rings. The van der Waals surface area contributed by atoms with Gasteiger partial charge in [-0.2, -0.15) is 0 Å². The first-order valence-electron chi connectivity index (χ1n) is 15.5. The molecule has 3 heteroatoms. The monoisotopic (exact) mass is 604 g/mol. The number of thiophene rings is 1. The first-order chi connectivity index (χ1) is 22.8. The quantitative estimate of drug-likeness (QED) is 0.194. The molecule has 0 spiro atoms. The van der Waals surface area contributed by atoms with Crippen LogP contribution in [0.15, 0.2) is 170 Å². The molecular weight excluding hydrogens is 577 g/mol. The zero-order valence-electron chi connectivity index (χ0n) is 25.0. The van der Waals surface area contributed by atoms with E-state index in [1.807, 2.05) is 23.6 Å². The molecule has 0 aliphatic carbocycles. The predicted molar refractivity (Wildman–Crippen MR) is 198 cm³/mol. The molecule has 7 aromatic carbocycles. The van der Waals surface area contributed by atoms with Gasteiger partial charge in [-0.15, -0.1) is 11.3 Å². The average Bonchev–Trinajstić information content (AvgIpc) is 3.52. The fourth-order valence-corrected chi connectivity index (χ4v) is 7.88. The van der Waals surface area contributed by atoms with E-state index in [9.17, 15) is 0 Å². The van der Waals surface area contributed by atoms with Crippen LogP contribution in [0.3, 0.4) is 0 Å². The summed E-state index contributed by atoms with van der Waals surface area (Å²) in [6, 6.07) is 58.9. The molecule has 0 saturated carbocycles. The van der Waals surface area contributed by atoms with Crippen LogP contribution in [0.1, 0.15) is 0 Å². The summed E-state index contributed by atoms with van der Waals surface area (Å²) in [5, 5.41) is 6.21. The smallest absolute Gasteiger partial charge is 0.0795 e. The highest BCUT2D eigenvalue weighted by atomic mass is 32.1. The summed E-state index contributed by atoms with van der Waals surface area (Å²) in [5.74, 6) is 0. The zero-order chi connectivity index (χ0) is 30.5. The minimum atomic E-state index is 1.07. The Morgan fingerprint density at radius 3 is 1.91 bits per heavy atom. The second-order valence-electron chi connectivity index (χ2n) is 11.6. The highest BCUT2D eigenvalue weighted by molar-refractivity contribution is 7.26. The summed E-state index contributed by atoms with van der Waals surface area (Å²) in [7, 11) is 0. The lowest BCUT2D eigenvalue weighted by atomic mass is 10.0. The largest absolute Gasteiger partial charge is 0.311 e. The van der Waals surface area contributed by atoms with Crippen LogP contribution >= 0.6 is 11.3 Å². The number of rotatable bonds is 5.